The number of hydrogen-bond donors (Lipinski definition) is 0. The molecule has 0 spiro atoms. The fourth-order valence-electron chi connectivity index (χ4n) is 1.79. The van der Waals surface area contributed by atoms with Gasteiger partial charge < -0.3 is 0 Å². The van der Waals surface area contributed by atoms with Crippen LogP contribution < -0.4 is 0 Å². The summed E-state index contributed by atoms with van der Waals surface area (Å²) in [6.45, 7) is 1.94. The molecule has 0 aliphatic heterocycles. The van der Waals surface area contributed by atoms with Gasteiger partial charge in [-0.05, 0) is 43.3 Å². The highest BCUT2D eigenvalue weighted by Gasteiger charge is 1.99. The number of fused-ring (bicyclic) bond motifs is 1. The monoisotopic (exact) mass is 326 g/mol. The van der Waals surface area contributed by atoms with E-state index in [9.17, 15) is 0 Å². The van der Waals surface area contributed by atoms with Crippen molar-refractivity contribution < 1.29 is 0 Å². The first-order valence-electron chi connectivity index (χ1n) is 6.11. The molecule has 5 heteroatoms. The van der Waals surface area contributed by atoms with Crippen LogP contribution in [-0.4, -0.2) is 19.9 Å². The lowest BCUT2D eigenvalue weighted by atomic mass is 10.3. The summed E-state index contributed by atoms with van der Waals surface area (Å²) in [5.41, 5.74) is 3.44. The third-order valence-electron chi connectivity index (χ3n) is 2.74. The van der Waals surface area contributed by atoms with Gasteiger partial charge in [0.2, 0.25) is 0 Å². The van der Waals surface area contributed by atoms with Crippen LogP contribution in [-0.2, 0) is 0 Å². The number of aryl methyl sites for hydroxylation is 1. The summed E-state index contributed by atoms with van der Waals surface area (Å²) in [5, 5.41) is 0. The molecule has 0 N–H and O–H groups in total. The molecule has 0 saturated heterocycles. The van der Waals surface area contributed by atoms with Gasteiger partial charge in [0.15, 0.2) is 5.82 Å². The van der Waals surface area contributed by atoms with Crippen molar-refractivity contribution in [2.45, 2.75) is 6.92 Å². The molecular weight excluding hydrogens is 316 g/mol. The Labute approximate surface area is 124 Å². The zero-order valence-corrected chi connectivity index (χ0v) is 12.4. The molecule has 0 aliphatic rings. The van der Waals surface area contributed by atoms with Gasteiger partial charge in [0, 0.05) is 16.4 Å². The molecule has 0 atom stereocenters. The first-order valence-corrected chi connectivity index (χ1v) is 6.90. The standard InChI is InChI=1S/C15H11BrN4/c1-10-6-7-17-15(19-10)5-3-12-9-18-13-4-2-11(16)8-14(13)20-12/h2-9H,1H3/b5-3+. The van der Waals surface area contributed by atoms with Crippen molar-refractivity contribution in [2.75, 3.05) is 0 Å². The third kappa shape index (κ3) is 2.88. The minimum atomic E-state index is 0.668. The lowest BCUT2D eigenvalue weighted by Crippen LogP contribution is -1.90. The number of halogens is 1. The molecule has 0 fully saturated rings. The average molecular weight is 327 g/mol. The van der Waals surface area contributed by atoms with Gasteiger partial charge >= 0.3 is 0 Å². The van der Waals surface area contributed by atoms with Crippen LogP contribution in [0, 0.1) is 6.92 Å². The predicted molar refractivity (Wildman–Crippen MR) is 82.9 cm³/mol. The molecule has 3 aromatic rings. The molecule has 0 bridgehead atoms. The van der Waals surface area contributed by atoms with E-state index >= 15 is 0 Å². The number of benzene rings is 1. The maximum Gasteiger partial charge on any atom is 0.152 e. The van der Waals surface area contributed by atoms with Crippen LogP contribution in [0.15, 0.2) is 41.1 Å². The molecule has 20 heavy (non-hydrogen) atoms. The Balaban J connectivity index is 1.94. The molecular formula is C15H11BrN4. The van der Waals surface area contributed by atoms with Gasteiger partial charge in [-0.2, -0.15) is 0 Å². The van der Waals surface area contributed by atoms with Crippen LogP contribution in [0.2, 0.25) is 0 Å². The summed E-state index contributed by atoms with van der Waals surface area (Å²) in [7, 11) is 0. The molecule has 0 radical (unpaired) electrons. The van der Waals surface area contributed by atoms with Crippen molar-refractivity contribution in [1.29, 1.82) is 0 Å². The first kappa shape index (κ1) is 12.9. The van der Waals surface area contributed by atoms with E-state index in [2.05, 4.69) is 35.9 Å². The largest absolute Gasteiger partial charge is 0.252 e. The zero-order valence-electron chi connectivity index (χ0n) is 10.8. The molecule has 3 rings (SSSR count). The summed E-state index contributed by atoms with van der Waals surface area (Å²) in [4.78, 5) is 17.4. The summed E-state index contributed by atoms with van der Waals surface area (Å²) in [5.74, 6) is 0.668. The average Bonchev–Trinajstić information content (AvgIpc) is 2.45. The van der Waals surface area contributed by atoms with Crippen molar-refractivity contribution in [2.24, 2.45) is 0 Å². The minimum Gasteiger partial charge on any atom is -0.252 e. The Morgan fingerprint density at radius 2 is 1.90 bits per heavy atom. The Morgan fingerprint density at radius 3 is 2.75 bits per heavy atom. The van der Waals surface area contributed by atoms with E-state index in [0.717, 1.165) is 26.9 Å². The fraction of sp³-hybridized carbons (Fsp3) is 0.0667. The number of nitrogens with zero attached hydrogens (tertiary/aromatic N) is 4. The van der Waals surface area contributed by atoms with Crippen LogP contribution in [0.5, 0.6) is 0 Å². The van der Waals surface area contributed by atoms with E-state index < -0.39 is 0 Å². The van der Waals surface area contributed by atoms with Gasteiger partial charge in [-0.1, -0.05) is 15.9 Å². The highest BCUT2D eigenvalue weighted by molar-refractivity contribution is 9.10. The number of aromatic nitrogens is 4. The Hall–Kier alpha value is -2.14. The van der Waals surface area contributed by atoms with Crippen molar-refractivity contribution >= 4 is 39.1 Å². The van der Waals surface area contributed by atoms with E-state index in [1.807, 2.05) is 43.3 Å². The van der Waals surface area contributed by atoms with Gasteiger partial charge in [0.1, 0.15) is 0 Å². The summed E-state index contributed by atoms with van der Waals surface area (Å²) in [6.07, 6.45) is 7.18. The Kier molecular flexibility index (Phi) is 3.52. The minimum absolute atomic E-state index is 0.668. The topological polar surface area (TPSA) is 51.6 Å². The maximum atomic E-state index is 4.54. The number of hydrogen-bond acceptors (Lipinski definition) is 4. The van der Waals surface area contributed by atoms with Crippen molar-refractivity contribution in [1.82, 2.24) is 19.9 Å². The van der Waals surface area contributed by atoms with E-state index in [1.165, 1.54) is 0 Å². The maximum absolute atomic E-state index is 4.54. The van der Waals surface area contributed by atoms with Gasteiger partial charge in [-0.25, -0.2) is 15.0 Å². The summed E-state index contributed by atoms with van der Waals surface area (Å²) >= 11 is 3.43. The van der Waals surface area contributed by atoms with Gasteiger partial charge in [-0.15, -0.1) is 0 Å². The Bertz CT molecular complexity index is 799. The molecule has 0 amide bonds. The molecule has 1 aromatic carbocycles. The molecule has 0 saturated carbocycles. The highest BCUT2D eigenvalue weighted by atomic mass is 79.9. The van der Waals surface area contributed by atoms with Crippen LogP contribution in [0.4, 0.5) is 0 Å². The summed E-state index contributed by atoms with van der Waals surface area (Å²) in [6, 6.07) is 7.70. The van der Waals surface area contributed by atoms with Crippen molar-refractivity contribution in [3.63, 3.8) is 0 Å². The Morgan fingerprint density at radius 1 is 1.00 bits per heavy atom. The molecule has 0 unspecified atom stereocenters. The zero-order chi connectivity index (χ0) is 13.9. The van der Waals surface area contributed by atoms with Gasteiger partial charge in [0.05, 0.1) is 22.9 Å². The quantitative estimate of drug-likeness (QED) is 0.721. The second-order valence-corrected chi connectivity index (χ2v) is 5.23. The second-order valence-electron chi connectivity index (χ2n) is 4.32. The normalized spacial score (nSPS) is 11.3. The predicted octanol–water partition coefficient (Wildman–Crippen LogP) is 3.66. The summed E-state index contributed by atoms with van der Waals surface area (Å²) < 4.78 is 0.988. The van der Waals surface area contributed by atoms with E-state index in [-0.39, 0.29) is 0 Å². The van der Waals surface area contributed by atoms with Crippen LogP contribution in [0.1, 0.15) is 17.2 Å². The van der Waals surface area contributed by atoms with Gasteiger partial charge in [0.25, 0.3) is 0 Å². The number of rotatable bonds is 2. The van der Waals surface area contributed by atoms with Crippen LogP contribution in [0.25, 0.3) is 23.2 Å². The van der Waals surface area contributed by atoms with E-state index in [1.54, 1.807) is 12.4 Å². The van der Waals surface area contributed by atoms with E-state index in [4.69, 9.17) is 0 Å². The first-order chi connectivity index (χ1) is 9.70. The lowest BCUT2D eigenvalue weighted by molar-refractivity contribution is 1.08. The molecule has 98 valence electrons. The van der Waals surface area contributed by atoms with E-state index in [0.29, 0.717) is 5.82 Å². The van der Waals surface area contributed by atoms with Gasteiger partial charge in [-0.3, -0.25) is 4.98 Å². The SMILES string of the molecule is Cc1ccnc(/C=C/c2cnc3ccc(Br)cc3n2)n1. The fourth-order valence-corrected chi connectivity index (χ4v) is 2.14. The highest BCUT2D eigenvalue weighted by Crippen LogP contribution is 2.17. The third-order valence-corrected chi connectivity index (χ3v) is 3.23. The molecule has 2 heterocycles. The molecule has 4 nitrogen and oxygen atoms in total. The molecule has 0 aliphatic carbocycles. The van der Waals surface area contributed by atoms with Crippen molar-refractivity contribution in [3.05, 3.63) is 58.3 Å². The molecule has 2 aromatic heterocycles. The van der Waals surface area contributed by atoms with Crippen LogP contribution in [0.3, 0.4) is 0 Å². The van der Waals surface area contributed by atoms with Crippen molar-refractivity contribution in [3.8, 4) is 0 Å². The second kappa shape index (κ2) is 5.46. The van der Waals surface area contributed by atoms with Crippen LogP contribution >= 0.6 is 15.9 Å². The lowest BCUT2D eigenvalue weighted by Gasteiger charge is -1.99. The smallest absolute Gasteiger partial charge is 0.152 e.